The Labute approximate surface area is 340 Å². The van der Waals surface area contributed by atoms with Crippen molar-refractivity contribution >= 4 is 44.2 Å². The Morgan fingerprint density at radius 1 is 0.500 bits per heavy atom. The van der Waals surface area contributed by atoms with Gasteiger partial charge in [0.2, 0.25) is 0 Å². The highest BCUT2D eigenvalue weighted by Gasteiger charge is 2.41. The Morgan fingerprint density at radius 3 is 1.74 bits per heavy atom. The first-order chi connectivity index (χ1) is 28.3. The zero-order chi connectivity index (χ0) is 38.9. The molecule has 8 aromatic carbocycles. The lowest BCUT2D eigenvalue weighted by Gasteiger charge is -2.31. The minimum Gasteiger partial charge on any atom is -0.484 e. The second-order valence-electron chi connectivity index (χ2n) is 17.6. The van der Waals surface area contributed by atoms with Gasteiger partial charge in [-0.05, 0) is 97.2 Å². The lowest BCUT2D eigenvalue weighted by atomic mass is 9.82. The van der Waals surface area contributed by atoms with E-state index in [1.165, 1.54) is 77.4 Å². The molecule has 2 unspecified atom stereocenters. The Kier molecular flexibility index (Phi) is 6.90. The standard InChI is InChI=1S/C56H43NO/c1-55(2)48-22-11-9-16-40(48)42-28-26-37(31-50(42)55)57(38-27-29-43-41-17-10-12-23-49(41)56(3,4)51(43)32-38)52-33-47-46-21-13-20-39(36-25-24-34-14-5-6-15-35(34)30-36)53(46)58-54(47)45-19-8-7-18-44(45)52/h5-33,46,53H,1-4H3. The van der Waals surface area contributed by atoms with E-state index in [1.807, 2.05) is 0 Å². The van der Waals surface area contributed by atoms with E-state index in [1.54, 1.807) is 0 Å². The van der Waals surface area contributed by atoms with E-state index < -0.39 is 0 Å². The monoisotopic (exact) mass is 745 g/mol. The molecule has 0 aromatic heterocycles. The van der Waals surface area contributed by atoms with Gasteiger partial charge < -0.3 is 9.64 Å². The van der Waals surface area contributed by atoms with Gasteiger partial charge in [-0.3, -0.25) is 0 Å². The first-order valence-corrected chi connectivity index (χ1v) is 20.7. The summed E-state index contributed by atoms with van der Waals surface area (Å²) in [7, 11) is 0. The maximum atomic E-state index is 7.16. The van der Waals surface area contributed by atoms with Crippen molar-refractivity contribution in [1.29, 1.82) is 0 Å². The molecule has 1 aliphatic heterocycles. The quantitative estimate of drug-likeness (QED) is 0.178. The third-order valence-electron chi connectivity index (χ3n) is 13.8. The van der Waals surface area contributed by atoms with Crippen LogP contribution < -0.4 is 9.64 Å². The molecular weight excluding hydrogens is 703 g/mol. The Hall–Kier alpha value is -6.64. The van der Waals surface area contributed by atoms with Crippen LogP contribution in [0.4, 0.5) is 17.1 Å². The van der Waals surface area contributed by atoms with Crippen LogP contribution in [0.2, 0.25) is 0 Å². The van der Waals surface area contributed by atoms with Gasteiger partial charge in [-0.15, -0.1) is 0 Å². The van der Waals surface area contributed by atoms with Gasteiger partial charge in [-0.1, -0.05) is 167 Å². The molecule has 8 aromatic rings. The molecule has 0 fully saturated rings. The zero-order valence-corrected chi connectivity index (χ0v) is 33.3. The zero-order valence-electron chi connectivity index (χ0n) is 33.3. The molecule has 0 radical (unpaired) electrons. The smallest absolute Gasteiger partial charge is 0.135 e. The summed E-state index contributed by atoms with van der Waals surface area (Å²) in [5, 5.41) is 4.81. The van der Waals surface area contributed by atoms with E-state index in [2.05, 4.69) is 209 Å². The van der Waals surface area contributed by atoms with Crippen molar-refractivity contribution in [2.75, 3.05) is 4.90 Å². The molecule has 0 bridgehead atoms. The van der Waals surface area contributed by atoms with Crippen molar-refractivity contribution in [3.8, 4) is 28.0 Å². The molecular formula is C56H43NO. The summed E-state index contributed by atoms with van der Waals surface area (Å²) in [5.74, 6) is 1.07. The first-order valence-electron chi connectivity index (χ1n) is 20.7. The van der Waals surface area contributed by atoms with Crippen molar-refractivity contribution in [3.63, 3.8) is 0 Å². The molecule has 0 amide bonds. The van der Waals surface area contributed by atoms with Crippen LogP contribution in [0.25, 0.3) is 49.4 Å². The molecule has 4 aliphatic rings. The molecule has 2 nitrogen and oxygen atoms in total. The first kappa shape index (κ1) is 33.5. The molecule has 0 saturated heterocycles. The Bertz CT molecular complexity index is 3020. The summed E-state index contributed by atoms with van der Waals surface area (Å²) < 4.78 is 7.16. The SMILES string of the molecule is CC1(C)c2ccccc2-c2ccc(N(c3ccc4c(c3)C(C)(C)c3ccccc3-4)c3cc4c(c5ccccc35)OC3C(c5ccc6ccccc6c5)=CC=CC43)cc21. The van der Waals surface area contributed by atoms with Gasteiger partial charge >= 0.3 is 0 Å². The highest BCUT2D eigenvalue weighted by Crippen LogP contribution is 2.56. The fourth-order valence-electron chi connectivity index (χ4n) is 10.8. The van der Waals surface area contributed by atoms with Crippen LogP contribution in [0.3, 0.4) is 0 Å². The van der Waals surface area contributed by atoms with E-state index in [0.29, 0.717) is 0 Å². The van der Waals surface area contributed by atoms with Crippen LogP contribution in [-0.2, 0) is 10.8 Å². The second kappa shape index (κ2) is 11.9. The minimum absolute atomic E-state index is 0.0774. The van der Waals surface area contributed by atoms with E-state index in [-0.39, 0.29) is 22.9 Å². The molecule has 2 heteroatoms. The van der Waals surface area contributed by atoms with Crippen LogP contribution in [0.1, 0.15) is 67.0 Å². The van der Waals surface area contributed by atoms with Crippen molar-refractivity contribution in [2.24, 2.45) is 0 Å². The van der Waals surface area contributed by atoms with Crippen LogP contribution >= 0.6 is 0 Å². The molecule has 0 saturated carbocycles. The molecule has 1 heterocycles. The maximum absolute atomic E-state index is 7.16. The predicted molar refractivity (Wildman–Crippen MR) is 242 cm³/mol. The number of hydrogen-bond donors (Lipinski definition) is 0. The predicted octanol–water partition coefficient (Wildman–Crippen LogP) is 14.6. The number of fused-ring (bicyclic) bond motifs is 12. The fraction of sp³-hybridized carbons (Fsp3) is 0.143. The van der Waals surface area contributed by atoms with Gasteiger partial charge in [0.1, 0.15) is 11.9 Å². The number of benzene rings is 8. The summed E-state index contributed by atoms with van der Waals surface area (Å²) in [5.41, 5.74) is 17.7. The van der Waals surface area contributed by atoms with E-state index >= 15 is 0 Å². The third kappa shape index (κ3) is 4.60. The van der Waals surface area contributed by atoms with Gasteiger partial charge in [-0.2, -0.15) is 0 Å². The molecule has 2 atom stereocenters. The minimum atomic E-state index is -0.130. The summed E-state index contributed by atoms with van der Waals surface area (Å²) in [6, 6.07) is 58.9. The number of ether oxygens (including phenoxy) is 1. The lowest BCUT2D eigenvalue weighted by molar-refractivity contribution is 0.281. The Morgan fingerprint density at radius 2 is 1.07 bits per heavy atom. The highest BCUT2D eigenvalue weighted by molar-refractivity contribution is 6.04. The van der Waals surface area contributed by atoms with Gasteiger partial charge in [0.25, 0.3) is 0 Å². The number of rotatable bonds is 4. The molecule has 278 valence electrons. The number of allylic oxidation sites excluding steroid dienone is 2. The number of anilines is 3. The maximum Gasteiger partial charge on any atom is 0.135 e. The van der Waals surface area contributed by atoms with Crippen LogP contribution in [0.5, 0.6) is 5.75 Å². The van der Waals surface area contributed by atoms with Crippen molar-refractivity contribution < 1.29 is 4.74 Å². The number of hydrogen-bond acceptors (Lipinski definition) is 2. The van der Waals surface area contributed by atoms with Crippen molar-refractivity contribution in [3.05, 3.63) is 209 Å². The molecule has 58 heavy (non-hydrogen) atoms. The average Bonchev–Trinajstić information content (AvgIpc) is 3.83. The average molecular weight is 746 g/mol. The fourth-order valence-corrected chi connectivity index (χ4v) is 10.8. The van der Waals surface area contributed by atoms with Gasteiger partial charge in [0, 0.05) is 50.0 Å². The summed E-state index contributed by atoms with van der Waals surface area (Å²) in [6.45, 7) is 9.50. The van der Waals surface area contributed by atoms with Crippen LogP contribution in [0, 0.1) is 0 Å². The van der Waals surface area contributed by atoms with Crippen molar-refractivity contribution in [2.45, 2.75) is 50.5 Å². The third-order valence-corrected chi connectivity index (χ3v) is 13.8. The van der Waals surface area contributed by atoms with Gasteiger partial charge in [0.05, 0.1) is 5.69 Å². The topological polar surface area (TPSA) is 12.5 Å². The molecule has 12 rings (SSSR count). The molecule has 3 aliphatic carbocycles. The van der Waals surface area contributed by atoms with Crippen LogP contribution in [-0.4, -0.2) is 6.10 Å². The Balaban J connectivity index is 1.06. The second-order valence-corrected chi connectivity index (χ2v) is 17.6. The van der Waals surface area contributed by atoms with E-state index in [9.17, 15) is 0 Å². The van der Waals surface area contributed by atoms with Gasteiger partial charge in [0.15, 0.2) is 0 Å². The van der Waals surface area contributed by atoms with Crippen LogP contribution in [0.15, 0.2) is 176 Å². The summed E-state index contributed by atoms with van der Waals surface area (Å²) in [6.07, 6.45) is 6.71. The largest absolute Gasteiger partial charge is 0.484 e. The van der Waals surface area contributed by atoms with Gasteiger partial charge in [-0.25, -0.2) is 0 Å². The van der Waals surface area contributed by atoms with E-state index in [4.69, 9.17) is 4.74 Å². The molecule has 0 N–H and O–H groups in total. The molecule has 0 spiro atoms. The normalized spacial score (nSPS) is 18.4. The summed E-state index contributed by atoms with van der Waals surface area (Å²) >= 11 is 0. The highest BCUT2D eigenvalue weighted by atomic mass is 16.5. The van der Waals surface area contributed by atoms with E-state index in [0.717, 1.165) is 28.2 Å². The summed E-state index contributed by atoms with van der Waals surface area (Å²) in [4.78, 5) is 2.53. The van der Waals surface area contributed by atoms with Crippen molar-refractivity contribution in [1.82, 2.24) is 0 Å². The lowest BCUT2D eigenvalue weighted by Crippen LogP contribution is -2.21. The number of nitrogens with zero attached hydrogens (tertiary/aromatic N) is 1.